The zero-order valence-electron chi connectivity index (χ0n) is 18.3. The van der Waals surface area contributed by atoms with Gasteiger partial charge in [0.05, 0.1) is 43.9 Å². The molecule has 0 bridgehead atoms. The Balaban J connectivity index is 1.33. The number of anilines is 1. The molecule has 2 N–H and O–H groups in total. The van der Waals surface area contributed by atoms with Crippen LogP contribution in [0.5, 0.6) is 0 Å². The number of oxime groups is 1. The van der Waals surface area contributed by atoms with Crippen LogP contribution in [0.25, 0.3) is 11.1 Å². The van der Waals surface area contributed by atoms with Gasteiger partial charge >= 0.3 is 6.09 Å². The van der Waals surface area contributed by atoms with Crippen LogP contribution in [-0.4, -0.2) is 68.5 Å². The minimum atomic E-state index is -1.24. The van der Waals surface area contributed by atoms with Gasteiger partial charge in [-0.1, -0.05) is 22.5 Å². The molecular weight excluding hydrogens is 464 g/mol. The van der Waals surface area contributed by atoms with Crippen molar-refractivity contribution >= 4 is 17.5 Å². The maximum Gasteiger partial charge on any atom is 0.414 e. The highest BCUT2D eigenvalue weighted by Gasteiger charge is 2.39. The number of carbonyl (C=O) groups is 1. The molecule has 2 aromatic carbocycles. The SMILES string of the molecule is O=C1O[C@@H](Cn2ccnn2)CN1c1ccc(-c2ccc(C3=NOC(CO)(CO)C3)cc2F)c(F)c1. The van der Waals surface area contributed by atoms with Gasteiger partial charge in [0.2, 0.25) is 0 Å². The van der Waals surface area contributed by atoms with Crippen LogP contribution in [-0.2, 0) is 16.1 Å². The van der Waals surface area contributed by atoms with Crippen LogP contribution >= 0.6 is 0 Å². The Morgan fingerprint density at radius 1 is 1.09 bits per heavy atom. The van der Waals surface area contributed by atoms with Crippen molar-refractivity contribution in [1.82, 2.24) is 15.0 Å². The molecule has 1 saturated heterocycles. The number of aliphatic hydroxyl groups excluding tert-OH is 2. The summed E-state index contributed by atoms with van der Waals surface area (Å²) < 4.78 is 36.9. The molecule has 3 heterocycles. The van der Waals surface area contributed by atoms with E-state index in [4.69, 9.17) is 9.57 Å². The Hall–Kier alpha value is -3.90. The van der Waals surface area contributed by atoms with E-state index in [1.54, 1.807) is 12.3 Å². The highest BCUT2D eigenvalue weighted by atomic mass is 19.1. The fraction of sp³-hybridized carbons (Fsp3) is 0.304. The zero-order valence-corrected chi connectivity index (χ0v) is 18.3. The molecule has 1 fully saturated rings. The van der Waals surface area contributed by atoms with Crippen LogP contribution < -0.4 is 4.90 Å². The van der Waals surface area contributed by atoms with E-state index in [1.165, 1.54) is 40.0 Å². The van der Waals surface area contributed by atoms with Crippen LogP contribution in [0.3, 0.4) is 0 Å². The van der Waals surface area contributed by atoms with Gasteiger partial charge in [0.1, 0.15) is 17.7 Å². The number of hydrogen-bond acceptors (Lipinski definition) is 8. The van der Waals surface area contributed by atoms with Gasteiger partial charge in [-0.3, -0.25) is 4.90 Å². The third kappa shape index (κ3) is 4.33. The summed E-state index contributed by atoms with van der Waals surface area (Å²) in [7, 11) is 0. The maximum absolute atomic E-state index is 15.0. The Labute approximate surface area is 198 Å². The minimum Gasteiger partial charge on any atom is -0.442 e. The average molecular weight is 485 g/mol. The molecule has 5 rings (SSSR count). The number of aromatic nitrogens is 3. The van der Waals surface area contributed by atoms with E-state index < -0.39 is 42.6 Å². The molecule has 1 atom stereocenters. The standard InChI is InChI=1S/C23H21F2N5O5/c24-19-7-14(21-9-23(12-31,13-32)35-27-21)1-3-17(19)18-4-2-15(8-20(18)25)30-11-16(34-22(30)33)10-29-6-5-26-28-29/h1-8,16,31-32H,9-13H2/t16-/m0/s1. The number of aliphatic hydroxyl groups is 2. The van der Waals surface area contributed by atoms with Crippen molar-refractivity contribution in [3.05, 3.63) is 66.0 Å². The van der Waals surface area contributed by atoms with E-state index in [1.807, 2.05) is 0 Å². The molecule has 35 heavy (non-hydrogen) atoms. The second-order valence-electron chi connectivity index (χ2n) is 8.41. The lowest BCUT2D eigenvalue weighted by Crippen LogP contribution is -2.37. The highest BCUT2D eigenvalue weighted by Crippen LogP contribution is 2.32. The first-order valence-electron chi connectivity index (χ1n) is 10.8. The van der Waals surface area contributed by atoms with Gasteiger partial charge in [-0.05, 0) is 24.3 Å². The number of carbonyl (C=O) groups excluding carboxylic acids is 1. The van der Waals surface area contributed by atoms with Gasteiger partial charge in [-0.2, -0.15) is 0 Å². The van der Waals surface area contributed by atoms with Crippen molar-refractivity contribution in [1.29, 1.82) is 0 Å². The van der Waals surface area contributed by atoms with E-state index in [2.05, 4.69) is 15.5 Å². The first kappa shape index (κ1) is 22.9. The molecule has 0 radical (unpaired) electrons. The van der Waals surface area contributed by atoms with Crippen LogP contribution in [0.4, 0.5) is 19.3 Å². The van der Waals surface area contributed by atoms with Crippen molar-refractivity contribution in [3.63, 3.8) is 0 Å². The van der Waals surface area contributed by atoms with Gasteiger partial charge < -0.3 is 19.8 Å². The number of amides is 1. The summed E-state index contributed by atoms with van der Waals surface area (Å²) in [5, 5.41) is 30.3. The van der Waals surface area contributed by atoms with Crippen molar-refractivity contribution in [2.24, 2.45) is 5.16 Å². The fourth-order valence-corrected chi connectivity index (χ4v) is 4.07. The smallest absolute Gasteiger partial charge is 0.414 e. The molecule has 0 unspecified atom stereocenters. The third-order valence-electron chi connectivity index (χ3n) is 6.01. The first-order valence-corrected chi connectivity index (χ1v) is 10.8. The molecule has 1 aromatic heterocycles. The number of nitrogens with zero attached hydrogens (tertiary/aromatic N) is 5. The number of ether oxygens (including phenoxy) is 1. The van der Waals surface area contributed by atoms with Gasteiger partial charge in [0.15, 0.2) is 5.60 Å². The second kappa shape index (κ2) is 9.04. The summed E-state index contributed by atoms with van der Waals surface area (Å²) in [4.78, 5) is 18.8. The molecular formula is C23H21F2N5O5. The van der Waals surface area contributed by atoms with Crippen LogP contribution in [0.1, 0.15) is 12.0 Å². The summed E-state index contributed by atoms with van der Waals surface area (Å²) in [5.74, 6) is -1.39. The quantitative estimate of drug-likeness (QED) is 0.526. The Morgan fingerprint density at radius 3 is 2.46 bits per heavy atom. The Kier molecular flexibility index (Phi) is 5.91. The van der Waals surface area contributed by atoms with Gasteiger partial charge in [0, 0.05) is 29.3 Å². The summed E-state index contributed by atoms with van der Waals surface area (Å²) in [6.45, 7) is -0.372. The van der Waals surface area contributed by atoms with Crippen LogP contribution in [0, 0.1) is 11.6 Å². The van der Waals surface area contributed by atoms with Gasteiger partial charge in [0.25, 0.3) is 0 Å². The summed E-state index contributed by atoms with van der Waals surface area (Å²) in [5.41, 5.74) is -0.142. The molecule has 12 heteroatoms. The lowest BCUT2D eigenvalue weighted by atomic mass is 9.94. The molecule has 2 aliphatic heterocycles. The molecule has 0 saturated carbocycles. The molecule has 3 aromatic rings. The highest BCUT2D eigenvalue weighted by molar-refractivity contribution is 6.02. The lowest BCUT2D eigenvalue weighted by molar-refractivity contribution is -0.0878. The maximum atomic E-state index is 15.0. The number of benzene rings is 2. The van der Waals surface area contributed by atoms with E-state index in [0.29, 0.717) is 17.8 Å². The summed E-state index contributed by atoms with van der Waals surface area (Å²) in [6, 6.07) is 8.26. The molecule has 0 aliphatic carbocycles. The Morgan fingerprint density at radius 2 is 1.83 bits per heavy atom. The van der Waals surface area contributed by atoms with Crippen LogP contribution in [0.15, 0.2) is 53.9 Å². The van der Waals surface area contributed by atoms with Crippen molar-refractivity contribution < 1.29 is 33.4 Å². The molecule has 0 spiro atoms. The van der Waals surface area contributed by atoms with Gasteiger partial charge in [-0.25, -0.2) is 18.3 Å². The number of hydrogen-bond donors (Lipinski definition) is 2. The number of halogens is 2. The van der Waals surface area contributed by atoms with E-state index in [9.17, 15) is 19.4 Å². The second-order valence-corrected chi connectivity index (χ2v) is 8.41. The Bertz CT molecular complexity index is 1280. The normalized spacial score (nSPS) is 19.0. The topological polar surface area (TPSA) is 122 Å². The predicted molar refractivity (Wildman–Crippen MR) is 119 cm³/mol. The van der Waals surface area contributed by atoms with Crippen LogP contribution in [0.2, 0.25) is 0 Å². The van der Waals surface area contributed by atoms with Crippen molar-refractivity contribution in [2.75, 3.05) is 24.7 Å². The largest absolute Gasteiger partial charge is 0.442 e. The molecule has 10 nitrogen and oxygen atoms in total. The number of cyclic esters (lactones) is 1. The van der Waals surface area contributed by atoms with Gasteiger partial charge in [-0.15, -0.1) is 5.10 Å². The predicted octanol–water partition coefficient (Wildman–Crippen LogP) is 2.10. The fourth-order valence-electron chi connectivity index (χ4n) is 4.07. The lowest BCUT2D eigenvalue weighted by Gasteiger charge is -2.20. The van der Waals surface area contributed by atoms with E-state index >= 15 is 4.39 Å². The van der Waals surface area contributed by atoms with Crippen molar-refractivity contribution in [3.8, 4) is 11.1 Å². The van der Waals surface area contributed by atoms with E-state index in [0.717, 1.165) is 6.07 Å². The minimum absolute atomic E-state index is 0.0224. The van der Waals surface area contributed by atoms with Crippen molar-refractivity contribution in [2.45, 2.75) is 24.7 Å². The number of rotatable bonds is 7. The molecule has 1 amide bonds. The summed E-state index contributed by atoms with van der Waals surface area (Å²) in [6.07, 6.45) is 2.17. The zero-order chi connectivity index (χ0) is 24.6. The summed E-state index contributed by atoms with van der Waals surface area (Å²) >= 11 is 0. The average Bonchev–Trinajstić information content (AvgIpc) is 3.60. The van der Waals surface area contributed by atoms with E-state index in [-0.39, 0.29) is 29.8 Å². The third-order valence-corrected chi connectivity index (χ3v) is 6.01. The molecule has 182 valence electrons. The monoisotopic (exact) mass is 485 g/mol. The molecule has 2 aliphatic rings. The first-order chi connectivity index (χ1) is 16.9.